The molecule has 0 unspecified atom stereocenters. The Kier molecular flexibility index (Phi) is 4.08. The molecule has 21 heavy (non-hydrogen) atoms. The number of carbonyl (C=O) groups is 1. The molecule has 0 saturated carbocycles. The molecule has 1 N–H and O–H groups in total. The summed E-state index contributed by atoms with van der Waals surface area (Å²) in [6.07, 6.45) is 1.59. The lowest BCUT2D eigenvalue weighted by molar-refractivity contribution is 0.0952. The molecule has 1 amide bonds. The van der Waals surface area contributed by atoms with Gasteiger partial charge >= 0.3 is 0 Å². The van der Waals surface area contributed by atoms with E-state index in [1.807, 2.05) is 42.5 Å². The third-order valence-electron chi connectivity index (χ3n) is 2.94. The van der Waals surface area contributed by atoms with Crippen molar-refractivity contribution in [2.45, 2.75) is 6.54 Å². The molecular formula is C16H12ClNO2S. The molecule has 0 saturated heterocycles. The molecule has 0 aliphatic rings. The van der Waals surface area contributed by atoms with Crippen LogP contribution in [0.5, 0.6) is 0 Å². The summed E-state index contributed by atoms with van der Waals surface area (Å²) in [6.45, 7) is 0.385. The first-order chi connectivity index (χ1) is 10.2. The van der Waals surface area contributed by atoms with Gasteiger partial charge in [0, 0.05) is 9.90 Å². The van der Waals surface area contributed by atoms with E-state index in [0.717, 1.165) is 16.2 Å². The van der Waals surface area contributed by atoms with Gasteiger partial charge in [-0.1, -0.05) is 23.7 Å². The zero-order chi connectivity index (χ0) is 14.7. The zero-order valence-corrected chi connectivity index (χ0v) is 12.6. The van der Waals surface area contributed by atoms with Gasteiger partial charge in [0.1, 0.15) is 5.76 Å². The second-order valence-corrected chi connectivity index (χ2v) is 5.96. The number of hydrogen-bond acceptors (Lipinski definition) is 3. The number of rotatable bonds is 4. The highest BCUT2D eigenvalue weighted by Crippen LogP contribution is 2.29. The predicted molar refractivity (Wildman–Crippen MR) is 84.6 cm³/mol. The third kappa shape index (κ3) is 3.35. The molecule has 3 aromatic rings. The molecule has 0 aliphatic carbocycles. The summed E-state index contributed by atoms with van der Waals surface area (Å²) >= 11 is 7.42. The summed E-state index contributed by atoms with van der Waals surface area (Å²) < 4.78 is 5.18. The van der Waals surface area contributed by atoms with Crippen molar-refractivity contribution in [2.75, 3.05) is 0 Å². The fraction of sp³-hybridized carbons (Fsp3) is 0.0625. The van der Waals surface area contributed by atoms with Gasteiger partial charge in [-0.25, -0.2) is 0 Å². The van der Waals surface area contributed by atoms with Crippen LogP contribution in [0.1, 0.15) is 15.4 Å². The lowest BCUT2D eigenvalue weighted by Gasteiger charge is -2.00. The number of hydrogen-bond donors (Lipinski definition) is 1. The number of benzene rings is 1. The zero-order valence-electron chi connectivity index (χ0n) is 11.0. The minimum absolute atomic E-state index is 0.107. The number of carbonyl (C=O) groups excluding carboxylic acids is 1. The highest BCUT2D eigenvalue weighted by Gasteiger charge is 2.10. The number of furan rings is 1. The molecule has 0 bridgehead atoms. The number of amides is 1. The van der Waals surface area contributed by atoms with E-state index in [1.54, 1.807) is 12.3 Å². The highest BCUT2D eigenvalue weighted by molar-refractivity contribution is 7.17. The lowest BCUT2D eigenvalue weighted by atomic mass is 10.2. The van der Waals surface area contributed by atoms with Gasteiger partial charge in [0.25, 0.3) is 5.91 Å². The van der Waals surface area contributed by atoms with E-state index in [4.69, 9.17) is 16.0 Å². The fourth-order valence-corrected chi connectivity index (χ4v) is 3.03. The van der Waals surface area contributed by atoms with E-state index >= 15 is 0 Å². The number of nitrogens with one attached hydrogen (secondary N) is 1. The average molecular weight is 318 g/mol. The van der Waals surface area contributed by atoms with Crippen molar-refractivity contribution in [1.82, 2.24) is 5.32 Å². The molecule has 1 aromatic carbocycles. The summed E-state index contributed by atoms with van der Waals surface area (Å²) in [5.74, 6) is 0.625. The fourth-order valence-electron chi connectivity index (χ4n) is 1.92. The van der Waals surface area contributed by atoms with Gasteiger partial charge in [-0.2, -0.15) is 0 Å². The smallest absolute Gasteiger partial charge is 0.261 e. The Morgan fingerprint density at radius 2 is 2.10 bits per heavy atom. The monoisotopic (exact) mass is 317 g/mol. The lowest BCUT2D eigenvalue weighted by Crippen LogP contribution is -2.21. The van der Waals surface area contributed by atoms with Crippen molar-refractivity contribution >= 4 is 28.8 Å². The van der Waals surface area contributed by atoms with Crippen LogP contribution in [0.15, 0.2) is 59.2 Å². The maximum absolute atomic E-state index is 12.1. The molecule has 0 aliphatic heterocycles. The van der Waals surface area contributed by atoms with Crippen LogP contribution in [0.2, 0.25) is 5.02 Å². The molecule has 106 valence electrons. The minimum Gasteiger partial charge on any atom is -0.467 e. The standard InChI is InChI=1S/C16H12ClNO2S/c17-12-4-1-3-11(9-12)14-6-7-15(21-14)16(19)18-10-13-5-2-8-20-13/h1-9H,10H2,(H,18,19). The number of thiophene rings is 1. The second-order valence-electron chi connectivity index (χ2n) is 4.44. The molecule has 2 aromatic heterocycles. The Morgan fingerprint density at radius 1 is 1.19 bits per heavy atom. The topological polar surface area (TPSA) is 42.2 Å². The predicted octanol–water partition coefficient (Wildman–Crippen LogP) is 4.59. The Bertz CT molecular complexity index is 749. The summed E-state index contributed by atoms with van der Waals surface area (Å²) in [6, 6.07) is 15.0. The summed E-state index contributed by atoms with van der Waals surface area (Å²) in [4.78, 5) is 13.8. The first kappa shape index (κ1) is 13.9. The number of halogens is 1. The van der Waals surface area contributed by atoms with Crippen LogP contribution in [-0.2, 0) is 6.54 Å². The Labute approximate surface area is 131 Å². The molecule has 0 spiro atoms. The van der Waals surface area contributed by atoms with Crippen LogP contribution in [-0.4, -0.2) is 5.91 Å². The Balaban J connectivity index is 1.71. The molecular weight excluding hydrogens is 306 g/mol. The van der Waals surface area contributed by atoms with Crippen molar-refractivity contribution in [1.29, 1.82) is 0 Å². The van der Waals surface area contributed by atoms with Gasteiger partial charge in [-0.15, -0.1) is 11.3 Å². The van der Waals surface area contributed by atoms with Gasteiger partial charge in [0.05, 0.1) is 17.7 Å². The van der Waals surface area contributed by atoms with E-state index in [2.05, 4.69) is 5.32 Å². The molecule has 0 fully saturated rings. The van der Waals surface area contributed by atoms with Crippen LogP contribution in [0.25, 0.3) is 10.4 Å². The van der Waals surface area contributed by atoms with Crippen LogP contribution >= 0.6 is 22.9 Å². The summed E-state index contributed by atoms with van der Waals surface area (Å²) in [5.41, 5.74) is 1.01. The van der Waals surface area contributed by atoms with Crippen LogP contribution in [0.3, 0.4) is 0 Å². The molecule has 0 radical (unpaired) electrons. The summed E-state index contributed by atoms with van der Waals surface area (Å²) in [7, 11) is 0. The van der Waals surface area contributed by atoms with Gasteiger partial charge < -0.3 is 9.73 Å². The molecule has 2 heterocycles. The summed E-state index contributed by atoms with van der Waals surface area (Å²) in [5, 5.41) is 3.51. The normalized spacial score (nSPS) is 10.5. The van der Waals surface area contributed by atoms with Crippen molar-refractivity contribution in [3.05, 3.63) is 70.5 Å². The first-order valence-electron chi connectivity index (χ1n) is 6.39. The van der Waals surface area contributed by atoms with Crippen molar-refractivity contribution in [3.8, 4) is 10.4 Å². The van der Waals surface area contributed by atoms with E-state index < -0.39 is 0 Å². The Hall–Kier alpha value is -2.04. The third-order valence-corrected chi connectivity index (χ3v) is 4.31. The molecule has 5 heteroatoms. The van der Waals surface area contributed by atoms with Gasteiger partial charge in [-0.3, -0.25) is 4.79 Å². The molecule has 3 nitrogen and oxygen atoms in total. The largest absolute Gasteiger partial charge is 0.467 e. The van der Waals surface area contributed by atoms with Gasteiger partial charge in [0.2, 0.25) is 0 Å². The molecule has 0 atom stereocenters. The van der Waals surface area contributed by atoms with Crippen molar-refractivity contribution in [3.63, 3.8) is 0 Å². The van der Waals surface area contributed by atoms with Crippen molar-refractivity contribution < 1.29 is 9.21 Å². The van der Waals surface area contributed by atoms with Crippen LogP contribution < -0.4 is 5.32 Å². The quantitative estimate of drug-likeness (QED) is 0.764. The van der Waals surface area contributed by atoms with Crippen LogP contribution in [0, 0.1) is 0 Å². The minimum atomic E-state index is -0.107. The average Bonchev–Trinajstić information content (AvgIpc) is 3.16. The molecule has 3 rings (SSSR count). The maximum atomic E-state index is 12.1. The SMILES string of the molecule is O=C(NCc1ccco1)c1ccc(-c2cccc(Cl)c2)s1. The highest BCUT2D eigenvalue weighted by atomic mass is 35.5. The van der Waals surface area contributed by atoms with E-state index in [1.165, 1.54) is 11.3 Å². The second kappa shape index (κ2) is 6.16. The Morgan fingerprint density at radius 3 is 2.86 bits per heavy atom. The maximum Gasteiger partial charge on any atom is 0.261 e. The van der Waals surface area contributed by atoms with Gasteiger partial charge in [0.15, 0.2) is 0 Å². The van der Waals surface area contributed by atoms with E-state index in [0.29, 0.717) is 16.4 Å². The van der Waals surface area contributed by atoms with E-state index in [9.17, 15) is 4.79 Å². The van der Waals surface area contributed by atoms with Crippen LogP contribution in [0.4, 0.5) is 0 Å². The first-order valence-corrected chi connectivity index (χ1v) is 7.58. The van der Waals surface area contributed by atoms with E-state index in [-0.39, 0.29) is 5.91 Å². The van der Waals surface area contributed by atoms with Crippen molar-refractivity contribution in [2.24, 2.45) is 0 Å². The van der Waals surface area contributed by atoms with Gasteiger partial charge in [-0.05, 0) is 42.0 Å².